The van der Waals surface area contributed by atoms with Crippen LogP contribution in [-0.4, -0.2) is 69.5 Å². The van der Waals surface area contributed by atoms with Crippen molar-refractivity contribution in [1.29, 1.82) is 0 Å². The van der Waals surface area contributed by atoms with E-state index in [0.717, 1.165) is 11.1 Å². The summed E-state index contributed by atoms with van der Waals surface area (Å²) in [6.45, 7) is 9.25. The van der Waals surface area contributed by atoms with Gasteiger partial charge in [-0.15, -0.1) is 0 Å². The first-order valence-corrected chi connectivity index (χ1v) is 13.2. The topological polar surface area (TPSA) is 192 Å². The summed E-state index contributed by atoms with van der Waals surface area (Å²) in [5, 5.41) is 33.1. The summed E-state index contributed by atoms with van der Waals surface area (Å²) in [4.78, 5) is 31.9. The smallest absolute Gasteiger partial charge is 0.404 e. The monoisotopic (exact) mass is 537 g/mol. The number of imidazole rings is 1. The van der Waals surface area contributed by atoms with Gasteiger partial charge in [-0.1, -0.05) is 26.8 Å². The zero-order chi connectivity index (χ0) is 27.3. The van der Waals surface area contributed by atoms with Gasteiger partial charge in [0.1, 0.15) is 30.4 Å². The molecule has 2 aromatic heterocycles. The Bertz CT molecular complexity index is 1350. The summed E-state index contributed by atoms with van der Waals surface area (Å²) in [5.41, 5.74) is 3.23. The van der Waals surface area contributed by atoms with Gasteiger partial charge in [0.25, 0.3) is 0 Å². The Morgan fingerprint density at radius 1 is 1.16 bits per heavy atom. The van der Waals surface area contributed by atoms with Gasteiger partial charge >= 0.3 is 7.82 Å². The molecule has 1 saturated heterocycles. The van der Waals surface area contributed by atoms with Crippen molar-refractivity contribution in [2.24, 2.45) is 0 Å². The van der Waals surface area contributed by atoms with Gasteiger partial charge in [0.05, 0.1) is 12.9 Å². The third kappa shape index (κ3) is 5.34. The quantitative estimate of drug-likeness (QED) is 0.238. The highest BCUT2D eigenvalue weighted by molar-refractivity contribution is 7.46. The van der Waals surface area contributed by atoms with Gasteiger partial charge in [-0.2, -0.15) is 0 Å². The van der Waals surface area contributed by atoms with E-state index in [-0.39, 0.29) is 12.3 Å². The van der Waals surface area contributed by atoms with Gasteiger partial charge in [0, 0.05) is 12.1 Å². The van der Waals surface area contributed by atoms with E-state index in [2.05, 4.69) is 20.3 Å². The van der Waals surface area contributed by atoms with E-state index in [1.807, 2.05) is 33.8 Å². The molecule has 3 heterocycles. The number of hydrogen-bond acceptors (Lipinski definition) is 10. The van der Waals surface area contributed by atoms with Gasteiger partial charge < -0.3 is 29.9 Å². The van der Waals surface area contributed by atoms with E-state index >= 15 is 0 Å². The van der Waals surface area contributed by atoms with Gasteiger partial charge in [-0.3, -0.25) is 14.4 Å². The largest absolute Gasteiger partial charge is 0.524 e. The van der Waals surface area contributed by atoms with Crippen LogP contribution in [0.4, 0.5) is 5.82 Å². The molecule has 13 nitrogen and oxygen atoms in total. The molecule has 6 N–H and O–H groups in total. The fraction of sp³-hybridized carbons (Fsp3) is 0.522. The SMILES string of the molecule is Cc1cc(C(C)(C)C)c(OP(=O)(O)O)c(C)c1CNc1ncnc2c1ncn2[C@@H]1O[C@H](CO)[C@@H](O)[C@H]1O. The lowest BCUT2D eigenvalue weighted by molar-refractivity contribution is -0.0511. The minimum absolute atomic E-state index is 0.143. The average Bonchev–Trinajstić information content (AvgIpc) is 3.35. The van der Waals surface area contributed by atoms with Gasteiger partial charge in [-0.05, 0) is 36.0 Å². The number of rotatable bonds is 7. The first-order chi connectivity index (χ1) is 17.2. The lowest BCUT2D eigenvalue weighted by Gasteiger charge is -2.27. The lowest BCUT2D eigenvalue weighted by atomic mass is 9.82. The van der Waals surface area contributed by atoms with Crippen LogP contribution in [0.1, 0.15) is 49.3 Å². The van der Waals surface area contributed by atoms with Crippen molar-refractivity contribution in [2.75, 3.05) is 11.9 Å². The van der Waals surface area contributed by atoms with E-state index in [1.165, 1.54) is 17.2 Å². The highest BCUT2D eigenvalue weighted by Crippen LogP contribution is 2.45. The second-order valence-electron chi connectivity index (χ2n) is 10.1. The Morgan fingerprint density at radius 3 is 2.46 bits per heavy atom. The molecule has 0 saturated carbocycles. The third-order valence-electron chi connectivity index (χ3n) is 6.48. The summed E-state index contributed by atoms with van der Waals surface area (Å²) in [7, 11) is -4.80. The predicted octanol–water partition coefficient (Wildman–Crippen LogP) is 1.44. The number of ether oxygens (including phenoxy) is 1. The Balaban J connectivity index is 1.67. The number of hydrogen-bond donors (Lipinski definition) is 6. The molecular formula is C23H32N5O8P. The Hall–Kier alpha value is -2.64. The molecule has 4 rings (SSSR count). The number of nitrogens with zero attached hydrogens (tertiary/aromatic N) is 4. The molecule has 3 aromatic rings. The van der Waals surface area contributed by atoms with Crippen molar-refractivity contribution < 1.29 is 38.9 Å². The number of benzene rings is 1. The van der Waals surface area contributed by atoms with Crippen LogP contribution < -0.4 is 9.84 Å². The number of phosphoric ester groups is 1. The van der Waals surface area contributed by atoms with E-state index < -0.39 is 44.4 Å². The zero-order valence-corrected chi connectivity index (χ0v) is 22.0. The molecule has 202 valence electrons. The summed E-state index contributed by atoms with van der Waals surface area (Å²) >= 11 is 0. The van der Waals surface area contributed by atoms with Gasteiger partial charge in [-0.25, -0.2) is 19.5 Å². The number of fused-ring (bicyclic) bond motifs is 1. The summed E-state index contributed by atoms with van der Waals surface area (Å²) < 4.78 is 23.9. The van der Waals surface area contributed by atoms with Crippen molar-refractivity contribution in [3.05, 3.63) is 41.0 Å². The highest BCUT2D eigenvalue weighted by Gasteiger charge is 2.44. The second kappa shape index (κ2) is 9.91. The second-order valence-corrected chi connectivity index (χ2v) is 11.3. The molecule has 4 atom stereocenters. The fourth-order valence-electron chi connectivity index (χ4n) is 4.52. The molecule has 1 aliphatic heterocycles. The molecule has 1 fully saturated rings. The number of aromatic nitrogens is 4. The lowest BCUT2D eigenvalue weighted by Crippen LogP contribution is -2.33. The maximum Gasteiger partial charge on any atom is 0.524 e. The van der Waals surface area contributed by atoms with Crippen molar-refractivity contribution in [2.45, 2.75) is 71.1 Å². The van der Waals surface area contributed by atoms with Crippen molar-refractivity contribution in [3.63, 3.8) is 0 Å². The number of phosphoric acid groups is 1. The fourth-order valence-corrected chi connectivity index (χ4v) is 4.99. The molecule has 0 radical (unpaired) electrons. The van der Waals surface area contributed by atoms with Gasteiger partial charge in [0.2, 0.25) is 0 Å². The zero-order valence-electron chi connectivity index (χ0n) is 21.2. The van der Waals surface area contributed by atoms with E-state index in [4.69, 9.17) is 9.26 Å². The third-order valence-corrected chi connectivity index (χ3v) is 6.90. The highest BCUT2D eigenvalue weighted by atomic mass is 31.2. The van der Waals surface area contributed by atoms with Crippen LogP contribution in [0.2, 0.25) is 0 Å². The van der Waals surface area contributed by atoms with Crippen molar-refractivity contribution in [3.8, 4) is 5.75 Å². The van der Waals surface area contributed by atoms with Gasteiger partial charge in [0.15, 0.2) is 23.2 Å². The van der Waals surface area contributed by atoms with E-state index in [0.29, 0.717) is 28.1 Å². The normalized spacial score (nSPS) is 22.5. The molecule has 37 heavy (non-hydrogen) atoms. The minimum atomic E-state index is -4.80. The molecule has 14 heteroatoms. The summed E-state index contributed by atoms with van der Waals surface area (Å²) in [6.07, 6.45) is -1.77. The predicted molar refractivity (Wildman–Crippen MR) is 133 cm³/mol. The van der Waals surface area contributed by atoms with Crippen LogP contribution in [0.3, 0.4) is 0 Å². The number of aliphatic hydroxyl groups excluding tert-OH is 3. The van der Waals surface area contributed by atoms with Crippen molar-refractivity contribution in [1.82, 2.24) is 19.5 Å². The number of nitrogens with one attached hydrogen (secondary N) is 1. The summed E-state index contributed by atoms with van der Waals surface area (Å²) in [5.74, 6) is 0.524. The Kier molecular flexibility index (Phi) is 7.34. The standard InChI is InChI=1S/C23H32N5O8P/c1-11-6-14(23(3,4)5)19(36-37(32,33)34)12(2)13(11)7-24-20-16-21(26-9-25-20)28(10-27-16)22-18(31)17(30)15(8-29)35-22/h6,9-10,15,17-18,22,29-31H,7-8H2,1-5H3,(H,24,25,26)(H2,32,33,34)/t15-,17-,18-,22-/m1/s1. The first-order valence-electron chi connectivity index (χ1n) is 11.7. The minimum Gasteiger partial charge on any atom is -0.404 e. The molecule has 0 bridgehead atoms. The molecular weight excluding hydrogens is 505 g/mol. The Morgan fingerprint density at radius 2 is 1.86 bits per heavy atom. The molecule has 0 unspecified atom stereocenters. The molecule has 0 aliphatic carbocycles. The molecule has 1 aliphatic rings. The molecule has 0 spiro atoms. The van der Waals surface area contributed by atoms with Crippen LogP contribution in [0, 0.1) is 13.8 Å². The summed E-state index contributed by atoms with van der Waals surface area (Å²) in [6, 6.07) is 1.86. The van der Waals surface area contributed by atoms with Crippen LogP contribution in [0.15, 0.2) is 18.7 Å². The maximum atomic E-state index is 11.7. The van der Waals surface area contributed by atoms with Crippen LogP contribution in [0.25, 0.3) is 11.2 Å². The number of aryl methyl sites for hydroxylation is 1. The van der Waals surface area contributed by atoms with Crippen LogP contribution >= 0.6 is 7.82 Å². The average molecular weight is 538 g/mol. The van der Waals surface area contributed by atoms with E-state index in [9.17, 15) is 29.7 Å². The number of anilines is 1. The van der Waals surface area contributed by atoms with Crippen LogP contribution in [-0.2, 0) is 21.3 Å². The number of aliphatic hydroxyl groups is 3. The van der Waals surface area contributed by atoms with Crippen LogP contribution in [0.5, 0.6) is 5.75 Å². The first kappa shape index (κ1) is 27.4. The van der Waals surface area contributed by atoms with Crippen molar-refractivity contribution >= 4 is 24.8 Å². The molecule has 1 aromatic carbocycles. The maximum absolute atomic E-state index is 11.7. The molecule has 0 amide bonds. The van der Waals surface area contributed by atoms with E-state index in [1.54, 1.807) is 6.92 Å². The Labute approximate surface area is 213 Å².